The zero-order valence-electron chi connectivity index (χ0n) is 13.9. The molecule has 8 heteroatoms. The van der Waals surface area contributed by atoms with Gasteiger partial charge in [0.1, 0.15) is 16.7 Å². The SMILES string of the molecule is Cc1ccc2nc(N3CC(c4nc5c(cnn5C)c(=O)[nH]4)C3)oc2c1. The third-order valence-corrected chi connectivity index (χ3v) is 4.69. The van der Waals surface area contributed by atoms with Crippen LogP contribution in [0.1, 0.15) is 17.3 Å². The first-order valence-electron chi connectivity index (χ1n) is 8.12. The van der Waals surface area contributed by atoms with Gasteiger partial charge in [0.25, 0.3) is 11.6 Å². The molecule has 0 radical (unpaired) electrons. The van der Waals surface area contributed by atoms with Gasteiger partial charge in [0.05, 0.1) is 12.1 Å². The molecule has 0 bridgehead atoms. The smallest absolute Gasteiger partial charge is 0.298 e. The van der Waals surface area contributed by atoms with E-state index in [4.69, 9.17) is 4.42 Å². The van der Waals surface area contributed by atoms with E-state index in [1.165, 1.54) is 0 Å². The monoisotopic (exact) mass is 336 g/mol. The number of benzene rings is 1. The summed E-state index contributed by atoms with van der Waals surface area (Å²) in [6.45, 7) is 3.44. The number of H-pyrrole nitrogens is 1. The molecule has 8 nitrogen and oxygen atoms in total. The van der Waals surface area contributed by atoms with E-state index in [9.17, 15) is 4.79 Å². The molecule has 1 aliphatic rings. The van der Waals surface area contributed by atoms with Crippen molar-refractivity contribution >= 4 is 28.1 Å². The lowest BCUT2D eigenvalue weighted by atomic mass is 10.00. The molecule has 4 aromatic rings. The van der Waals surface area contributed by atoms with Crippen molar-refractivity contribution in [3.8, 4) is 0 Å². The Morgan fingerprint density at radius 1 is 1.28 bits per heavy atom. The van der Waals surface area contributed by atoms with E-state index in [1.807, 2.05) is 30.0 Å². The van der Waals surface area contributed by atoms with Crippen LogP contribution < -0.4 is 10.5 Å². The molecular weight excluding hydrogens is 320 g/mol. The van der Waals surface area contributed by atoms with Gasteiger partial charge >= 0.3 is 0 Å². The number of aryl methyl sites for hydroxylation is 2. The number of aromatic nitrogens is 5. The first-order chi connectivity index (χ1) is 12.1. The van der Waals surface area contributed by atoms with Crippen LogP contribution in [0, 0.1) is 6.92 Å². The lowest BCUT2D eigenvalue weighted by Crippen LogP contribution is -2.46. The van der Waals surface area contributed by atoms with Gasteiger partial charge in [-0.25, -0.2) is 4.98 Å². The third-order valence-electron chi connectivity index (χ3n) is 4.69. The highest BCUT2D eigenvalue weighted by Crippen LogP contribution is 2.31. The minimum Gasteiger partial charge on any atom is -0.423 e. The molecule has 25 heavy (non-hydrogen) atoms. The number of anilines is 1. The van der Waals surface area contributed by atoms with E-state index in [0.29, 0.717) is 36.0 Å². The second-order valence-corrected chi connectivity index (χ2v) is 6.53. The Labute approximate surface area is 142 Å². The summed E-state index contributed by atoms with van der Waals surface area (Å²) in [5.74, 6) is 0.827. The Kier molecular flexibility index (Phi) is 2.79. The molecule has 5 rings (SSSR count). The molecule has 3 aromatic heterocycles. The van der Waals surface area contributed by atoms with Crippen LogP contribution in [0.15, 0.2) is 33.6 Å². The summed E-state index contributed by atoms with van der Waals surface area (Å²) in [7, 11) is 1.78. The van der Waals surface area contributed by atoms with E-state index >= 15 is 0 Å². The van der Waals surface area contributed by atoms with Crippen molar-refractivity contribution in [3.63, 3.8) is 0 Å². The number of oxazole rings is 1. The quantitative estimate of drug-likeness (QED) is 0.599. The minimum atomic E-state index is -0.149. The van der Waals surface area contributed by atoms with Gasteiger partial charge in [0.15, 0.2) is 11.2 Å². The Balaban J connectivity index is 1.42. The van der Waals surface area contributed by atoms with Gasteiger partial charge in [-0.2, -0.15) is 10.1 Å². The predicted molar refractivity (Wildman–Crippen MR) is 92.8 cm³/mol. The maximum atomic E-state index is 12.2. The average Bonchev–Trinajstić information content (AvgIpc) is 3.10. The van der Waals surface area contributed by atoms with Crippen molar-refractivity contribution in [2.45, 2.75) is 12.8 Å². The van der Waals surface area contributed by atoms with E-state index in [1.54, 1.807) is 17.9 Å². The van der Waals surface area contributed by atoms with Gasteiger partial charge in [-0.1, -0.05) is 6.07 Å². The number of hydrogen-bond donors (Lipinski definition) is 1. The fourth-order valence-electron chi connectivity index (χ4n) is 3.21. The molecule has 0 aliphatic carbocycles. The first-order valence-corrected chi connectivity index (χ1v) is 8.12. The number of fused-ring (bicyclic) bond motifs is 2. The van der Waals surface area contributed by atoms with Crippen LogP contribution in [0.4, 0.5) is 6.01 Å². The molecule has 0 saturated carbocycles. The van der Waals surface area contributed by atoms with Crippen molar-refractivity contribution in [1.29, 1.82) is 0 Å². The topological polar surface area (TPSA) is 92.8 Å². The molecule has 4 heterocycles. The van der Waals surface area contributed by atoms with Gasteiger partial charge in [-0.15, -0.1) is 0 Å². The van der Waals surface area contributed by atoms with Crippen LogP contribution in [-0.4, -0.2) is 37.8 Å². The largest absolute Gasteiger partial charge is 0.423 e. The maximum Gasteiger partial charge on any atom is 0.298 e. The second-order valence-electron chi connectivity index (χ2n) is 6.53. The molecule has 0 spiro atoms. The summed E-state index contributed by atoms with van der Waals surface area (Å²) in [5, 5.41) is 4.60. The molecule has 1 aromatic carbocycles. The zero-order chi connectivity index (χ0) is 17.1. The van der Waals surface area contributed by atoms with Crippen molar-refractivity contribution < 1.29 is 4.42 Å². The fraction of sp³-hybridized carbons (Fsp3) is 0.294. The standard InChI is InChI=1S/C17H16N6O2/c1-9-3-4-12-13(5-9)25-17(19-12)23-7-10(8-23)14-20-15-11(16(24)21-14)6-18-22(15)2/h3-6,10H,7-8H2,1-2H3,(H,20,21,24). The Hall–Kier alpha value is -3.16. The van der Waals surface area contributed by atoms with Crippen LogP contribution in [-0.2, 0) is 7.05 Å². The Bertz CT molecular complexity index is 1170. The van der Waals surface area contributed by atoms with Crippen LogP contribution in [0.5, 0.6) is 0 Å². The molecule has 1 aliphatic heterocycles. The van der Waals surface area contributed by atoms with Gasteiger partial charge in [0.2, 0.25) is 0 Å². The van der Waals surface area contributed by atoms with Crippen molar-refractivity contribution in [2.75, 3.05) is 18.0 Å². The third kappa shape index (κ3) is 2.14. The van der Waals surface area contributed by atoms with Gasteiger partial charge in [-0.05, 0) is 24.6 Å². The molecule has 1 fully saturated rings. The van der Waals surface area contributed by atoms with E-state index in [-0.39, 0.29) is 11.5 Å². The van der Waals surface area contributed by atoms with Crippen LogP contribution in [0.3, 0.4) is 0 Å². The zero-order valence-corrected chi connectivity index (χ0v) is 13.9. The van der Waals surface area contributed by atoms with Crippen LogP contribution in [0.25, 0.3) is 22.1 Å². The Morgan fingerprint density at radius 3 is 2.96 bits per heavy atom. The molecule has 0 amide bonds. The van der Waals surface area contributed by atoms with Crippen LogP contribution in [0.2, 0.25) is 0 Å². The molecule has 1 saturated heterocycles. The van der Waals surface area contributed by atoms with Gasteiger partial charge in [-0.3, -0.25) is 9.48 Å². The minimum absolute atomic E-state index is 0.142. The van der Waals surface area contributed by atoms with E-state index < -0.39 is 0 Å². The Morgan fingerprint density at radius 2 is 2.12 bits per heavy atom. The summed E-state index contributed by atoms with van der Waals surface area (Å²) in [5.41, 5.74) is 3.24. The highest BCUT2D eigenvalue weighted by atomic mass is 16.4. The normalized spacial score (nSPS) is 15.2. The number of nitrogens with zero attached hydrogens (tertiary/aromatic N) is 5. The fourth-order valence-corrected chi connectivity index (χ4v) is 3.21. The number of hydrogen-bond acceptors (Lipinski definition) is 6. The lowest BCUT2D eigenvalue weighted by Gasteiger charge is -2.37. The second kappa shape index (κ2) is 4.92. The van der Waals surface area contributed by atoms with Crippen molar-refractivity contribution in [2.24, 2.45) is 7.05 Å². The summed E-state index contributed by atoms with van der Waals surface area (Å²) >= 11 is 0. The van der Waals surface area contributed by atoms with Gasteiger partial charge in [0, 0.05) is 20.1 Å². The molecule has 0 unspecified atom stereocenters. The van der Waals surface area contributed by atoms with Crippen molar-refractivity contribution in [1.82, 2.24) is 24.7 Å². The lowest BCUT2D eigenvalue weighted by molar-refractivity contribution is 0.449. The maximum absolute atomic E-state index is 12.2. The summed E-state index contributed by atoms with van der Waals surface area (Å²) in [6.07, 6.45) is 1.54. The first kappa shape index (κ1) is 14.2. The predicted octanol–water partition coefficient (Wildman–Crippen LogP) is 1.71. The summed E-state index contributed by atoms with van der Waals surface area (Å²) in [6, 6.07) is 6.58. The molecular formula is C17H16N6O2. The summed E-state index contributed by atoms with van der Waals surface area (Å²) in [4.78, 5) is 26.2. The number of rotatable bonds is 2. The number of aromatic amines is 1. The van der Waals surface area contributed by atoms with Gasteiger partial charge < -0.3 is 14.3 Å². The summed E-state index contributed by atoms with van der Waals surface area (Å²) < 4.78 is 7.46. The van der Waals surface area contributed by atoms with E-state index in [0.717, 1.165) is 16.7 Å². The molecule has 126 valence electrons. The average molecular weight is 336 g/mol. The van der Waals surface area contributed by atoms with Crippen molar-refractivity contribution in [3.05, 3.63) is 46.1 Å². The number of nitrogens with one attached hydrogen (secondary N) is 1. The molecule has 0 atom stereocenters. The molecule has 1 N–H and O–H groups in total. The van der Waals surface area contributed by atoms with E-state index in [2.05, 4.69) is 20.1 Å². The van der Waals surface area contributed by atoms with Crippen LogP contribution >= 0.6 is 0 Å². The highest BCUT2D eigenvalue weighted by Gasteiger charge is 2.33. The highest BCUT2D eigenvalue weighted by molar-refractivity contribution is 5.75.